The largest absolute Gasteiger partial charge is 0.452 e. The molecule has 0 bridgehead atoms. The van der Waals surface area contributed by atoms with E-state index in [1.807, 2.05) is 24.3 Å². The molecular weight excluding hydrogens is 264 g/mol. The van der Waals surface area contributed by atoms with Crippen LogP contribution in [0.25, 0.3) is 10.8 Å². The normalized spacial score (nSPS) is 10.6. The zero-order valence-corrected chi connectivity index (χ0v) is 10.5. The van der Waals surface area contributed by atoms with Gasteiger partial charge in [0.1, 0.15) is 0 Å². The average Bonchev–Trinajstić information content (AvgIpc) is 2.85. The number of fused-ring (bicyclic) bond motifs is 1. The monoisotopic (exact) mass is 272 g/mol. The van der Waals surface area contributed by atoms with Crippen molar-refractivity contribution in [3.63, 3.8) is 0 Å². The summed E-state index contributed by atoms with van der Waals surface area (Å²) < 4.78 is 4.90. The summed E-state index contributed by atoms with van der Waals surface area (Å²) in [5.41, 5.74) is 0.996. The van der Waals surface area contributed by atoms with Gasteiger partial charge in [0.05, 0.1) is 17.5 Å². The number of furan rings is 1. The molecule has 0 saturated heterocycles. The smallest absolute Gasteiger partial charge is 0.260 e. The van der Waals surface area contributed by atoms with Gasteiger partial charge in [-0.25, -0.2) is 0 Å². The van der Waals surface area contributed by atoms with Crippen molar-refractivity contribution in [2.75, 3.05) is 5.32 Å². The Hall–Kier alpha value is -2.33. The third kappa shape index (κ3) is 2.18. The molecule has 3 aromatic rings. The number of rotatable bonds is 2. The second kappa shape index (κ2) is 4.74. The van der Waals surface area contributed by atoms with E-state index in [1.54, 1.807) is 12.4 Å². The van der Waals surface area contributed by atoms with Gasteiger partial charge >= 0.3 is 0 Å². The predicted molar refractivity (Wildman–Crippen MR) is 73.4 cm³/mol. The molecule has 1 aromatic carbocycles. The maximum absolute atomic E-state index is 12.1. The fourth-order valence-corrected chi connectivity index (χ4v) is 2.07. The van der Waals surface area contributed by atoms with Crippen molar-refractivity contribution in [2.45, 2.75) is 0 Å². The number of aromatic nitrogens is 1. The van der Waals surface area contributed by atoms with Gasteiger partial charge < -0.3 is 9.73 Å². The van der Waals surface area contributed by atoms with Crippen LogP contribution < -0.4 is 5.32 Å². The van der Waals surface area contributed by atoms with Crippen LogP contribution in [-0.2, 0) is 0 Å². The van der Waals surface area contributed by atoms with Crippen molar-refractivity contribution in [2.24, 2.45) is 0 Å². The summed E-state index contributed by atoms with van der Waals surface area (Å²) in [4.78, 5) is 16.1. The van der Waals surface area contributed by atoms with Crippen LogP contribution in [0.5, 0.6) is 0 Å². The summed E-state index contributed by atoms with van der Waals surface area (Å²) in [6, 6.07) is 9.05. The van der Waals surface area contributed by atoms with E-state index in [0.717, 1.165) is 10.8 Å². The maximum Gasteiger partial charge on any atom is 0.260 e. The van der Waals surface area contributed by atoms with E-state index in [4.69, 9.17) is 16.0 Å². The van der Waals surface area contributed by atoms with Crippen molar-refractivity contribution in [3.8, 4) is 0 Å². The van der Waals surface area contributed by atoms with Crippen LogP contribution in [0.3, 0.4) is 0 Å². The lowest BCUT2D eigenvalue weighted by molar-refractivity contribution is 0.102. The molecule has 0 saturated carbocycles. The summed E-state index contributed by atoms with van der Waals surface area (Å²) in [5.74, 6) is -0.310. The Bertz CT molecular complexity index is 747. The molecule has 1 amide bonds. The number of halogens is 1. The molecule has 0 aliphatic heterocycles. The molecule has 19 heavy (non-hydrogen) atoms. The van der Waals surface area contributed by atoms with Crippen LogP contribution in [-0.4, -0.2) is 10.9 Å². The van der Waals surface area contributed by atoms with E-state index in [0.29, 0.717) is 11.3 Å². The van der Waals surface area contributed by atoms with Crippen molar-refractivity contribution in [1.82, 2.24) is 4.98 Å². The van der Waals surface area contributed by atoms with Crippen molar-refractivity contribution in [3.05, 3.63) is 59.8 Å². The lowest BCUT2D eigenvalue weighted by Gasteiger charge is -2.07. The molecule has 0 spiro atoms. The molecule has 94 valence electrons. The van der Waals surface area contributed by atoms with Gasteiger partial charge in [-0.15, -0.1) is 0 Å². The molecule has 0 fully saturated rings. The second-order valence-electron chi connectivity index (χ2n) is 3.96. The number of anilines is 1. The molecule has 2 aromatic heterocycles. The Morgan fingerprint density at radius 3 is 2.95 bits per heavy atom. The molecule has 4 nitrogen and oxygen atoms in total. The van der Waals surface area contributed by atoms with Crippen molar-refractivity contribution >= 4 is 34.0 Å². The number of carbonyl (C=O) groups excluding carboxylic acids is 1. The van der Waals surface area contributed by atoms with Gasteiger partial charge in [-0.1, -0.05) is 12.1 Å². The van der Waals surface area contributed by atoms with Gasteiger partial charge in [-0.05, 0) is 35.2 Å². The fraction of sp³-hybridized carbons (Fsp3) is 0. The van der Waals surface area contributed by atoms with Crippen LogP contribution in [0.4, 0.5) is 5.69 Å². The number of carbonyl (C=O) groups is 1. The zero-order valence-electron chi connectivity index (χ0n) is 9.76. The average molecular weight is 273 g/mol. The van der Waals surface area contributed by atoms with Crippen LogP contribution in [0.15, 0.2) is 53.4 Å². The van der Waals surface area contributed by atoms with Gasteiger partial charge in [0, 0.05) is 17.8 Å². The first-order valence-corrected chi connectivity index (χ1v) is 6.00. The van der Waals surface area contributed by atoms with Crippen molar-refractivity contribution in [1.29, 1.82) is 0 Å². The minimum Gasteiger partial charge on any atom is -0.452 e. The van der Waals surface area contributed by atoms with Crippen LogP contribution in [0.1, 0.15) is 10.4 Å². The third-order valence-corrected chi connectivity index (χ3v) is 3.09. The number of amides is 1. The molecule has 0 aliphatic rings. The van der Waals surface area contributed by atoms with Crippen LogP contribution in [0.2, 0.25) is 5.22 Å². The first kappa shape index (κ1) is 11.7. The van der Waals surface area contributed by atoms with E-state index in [2.05, 4.69) is 10.3 Å². The third-order valence-electron chi connectivity index (χ3n) is 2.79. The summed E-state index contributed by atoms with van der Waals surface area (Å²) in [6.07, 6.45) is 4.80. The van der Waals surface area contributed by atoms with E-state index in [1.165, 1.54) is 12.3 Å². The summed E-state index contributed by atoms with van der Waals surface area (Å²) in [5, 5.41) is 4.76. The molecule has 5 heteroatoms. The second-order valence-corrected chi connectivity index (χ2v) is 4.31. The molecule has 0 aliphatic carbocycles. The maximum atomic E-state index is 12.1. The first-order chi connectivity index (χ1) is 9.25. The highest BCUT2D eigenvalue weighted by molar-refractivity contribution is 6.32. The number of nitrogens with zero attached hydrogens (tertiary/aromatic N) is 1. The standard InChI is InChI=1S/C14H9ClN2O2/c15-13-10(5-7-19-13)14(18)17-12-3-1-2-9-4-6-16-8-11(9)12/h1-8H,(H,17,18). The Morgan fingerprint density at radius 2 is 2.16 bits per heavy atom. The quantitative estimate of drug-likeness (QED) is 0.773. The van der Waals surface area contributed by atoms with Crippen LogP contribution >= 0.6 is 11.6 Å². The molecule has 0 unspecified atom stereocenters. The fourth-order valence-electron chi connectivity index (χ4n) is 1.87. The van der Waals surface area contributed by atoms with Gasteiger partial charge in [0.2, 0.25) is 5.22 Å². The topological polar surface area (TPSA) is 55.1 Å². The Balaban J connectivity index is 1.98. The number of hydrogen-bond acceptors (Lipinski definition) is 3. The van der Waals surface area contributed by atoms with Gasteiger partial charge in [-0.2, -0.15) is 0 Å². The number of benzene rings is 1. The minimum atomic E-state index is -0.310. The summed E-state index contributed by atoms with van der Waals surface area (Å²) in [7, 11) is 0. The highest BCUT2D eigenvalue weighted by atomic mass is 35.5. The van der Waals surface area contributed by atoms with Gasteiger partial charge in [0.15, 0.2) is 0 Å². The lowest BCUT2D eigenvalue weighted by Crippen LogP contribution is -2.11. The molecule has 0 radical (unpaired) electrons. The highest BCUT2D eigenvalue weighted by Gasteiger charge is 2.14. The Labute approximate surface area is 114 Å². The summed E-state index contributed by atoms with van der Waals surface area (Å²) in [6.45, 7) is 0. The Kier molecular flexibility index (Phi) is 2.93. The summed E-state index contributed by atoms with van der Waals surface area (Å²) >= 11 is 5.78. The van der Waals surface area contributed by atoms with E-state index < -0.39 is 0 Å². The SMILES string of the molecule is O=C(Nc1cccc2ccncc12)c1ccoc1Cl. The number of nitrogens with one attached hydrogen (secondary N) is 1. The number of pyridine rings is 1. The molecule has 2 heterocycles. The first-order valence-electron chi connectivity index (χ1n) is 5.63. The van der Waals surface area contributed by atoms with Crippen molar-refractivity contribution < 1.29 is 9.21 Å². The minimum absolute atomic E-state index is 0.0795. The van der Waals surface area contributed by atoms with Crippen LogP contribution in [0, 0.1) is 0 Å². The van der Waals surface area contributed by atoms with Gasteiger partial charge in [-0.3, -0.25) is 9.78 Å². The number of hydrogen-bond donors (Lipinski definition) is 1. The van der Waals surface area contributed by atoms with E-state index >= 15 is 0 Å². The molecule has 3 rings (SSSR count). The molecular formula is C14H9ClN2O2. The predicted octanol–water partition coefficient (Wildman–Crippen LogP) is 3.73. The van der Waals surface area contributed by atoms with E-state index in [9.17, 15) is 4.79 Å². The Morgan fingerprint density at radius 1 is 1.26 bits per heavy atom. The van der Waals surface area contributed by atoms with Gasteiger partial charge in [0.25, 0.3) is 5.91 Å². The lowest BCUT2D eigenvalue weighted by atomic mass is 10.1. The highest BCUT2D eigenvalue weighted by Crippen LogP contribution is 2.24. The molecule has 1 N–H and O–H groups in total. The molecule has 0 atom stereocenters. The van der Waals surface area contributed by atoms with E-state index in [-0.39, 0.29) is 11.1 Å². The zero-order chi connectivity index (χ0) is 13.2.